The zero-order valence-electron chi connectivity index (χ0n) is 22.9. The fraction of sp³-hybridized carbons (Fsp3) is 0.233. The van der Waals surface area contributed by atoms with Crippen LogP contribution < -0.4 is 9.75 Å². The molecular weight excluding hydrogens is 701 g/mol. The van der Waals surface area contributed by atoms with E-state index in [-0.39, 0.29) is 54.0 Å². The zero-order chi connectivity index (χ0) is 30.8. The largest absolute Gasteiger partial charge is 0.466 e. The minimum atomic E-state index is -0.959. The number of anilines is 1. The summed E-state index contributed by atoms with van der Waals surface area (Å²) in [6, 6.07) is 10.7. The van der Waals surface area contributed by atoms with Gasteiger partial charge in [-0.25, -0.2) is 17.6 Å². The van der Waals surface area contributed by atoms with Crippen LogP contribution in [0.2, 0.25) is 0 Å². The summed E-state index contributed by atoms with van der Waals surface area (Å²) in [5.74, 6) is -5.69. The number of hydrazone groups is 1. The monoisotopic (exact) mass is 725 g/mol. The lowest BCUT2D eigenvalue weighted by Gasteiger charge is -2.16. The highest BCUT2D eigenvalue weighted by Gasteiger charge is 2.32. The molecule has 0 radical (unpaired) electrons. The Hall–Kier alpha value is -3.59. The van der Waals surface area contributed by atoms with Gasteiger partial charge in [-0.15, -0.1) is 0 Å². The third-order valence-electron chi connectivity index (χ3n) is 7.02. The summed E-state index contributed by atoms with van der Waals surface area (Å²) >= 11 is 1.99. The van der Waals surface area contributed by atoms with Crippen LogP contribution in [0.5, 0.6) is 11.5 Å². The lowest BCUT2D eigenvalue weighted by molar-refractivity contribution is -0.143. The van der Waals surface area contributed by atoms with E-state index in [0.29, 0.717) is 11.1 Å². The highest BCUT2D eigenvalue weighted by atomic mass is 127. The summed E-state index contributed by atoms with van der Waals surface area (Å²) in [5, 5.41) is 5.27. The fourth-order valence-electron chi connectivity index (χ4n) is 4.81. The van der Waals surface area contributed by atoms with E-state index in [2.05, 4.69) is 5.10 Å². The third-order valence-corrected chi connectivity index (χ3v) is 8.76. The summed E-state index contributed by atoms with van der Waals surface area (Å²) in [6.07, 6.45) is 1.53. The highest BCUT2D eigenvalue weighted by Crippen LogP contribution is 2.38. The average molecular weight is 726 g/mol. The lowest BCUT2D eigenvalue weighted by atomic mass is 9.91. The maximum atomic E-state index is 15.4. The smallest absolute Gasteiger partial charge is 0.306 e. The van der Waals surface area contributed by atoms with E-state index in [1.165, 1.54) is 21.3 Å². The summed E-state index contributed by atoms with van der Waals surface area (Å²) in [6.45, 7) is 3.59. The summed E-state index contributed by atoms with van der Waals surface area (Å²) in [4.78, 5) is 24.7. The van der Waals surface area contributed by atoms with Crippen molar-refractivity contribution in [2.24, 2.45) is 5.10 Å². The third kappa shape index (κ3) is 6.23. The molecule has 7 nitrogen and oxygen atoms in total. The Morgan fingerprint density at radius 3 is 2.63 bits per heavy atom. The minimum absolute atomic E-state index is 0.0133. The van der Waals surface area contributed by atoms with E-state index in [9.17, 15) is 18.4 Å². The van der Waals surface area contributed by atoms with Gasteiger partial charge in [0, 0.05) is 66.4 Å². The highest BCUT2D eigenvalue weighted by molar-refractivity contribution is 14.2. The van der Waals surface area contributed by atoms with Crippen molar-refractivity contribution >= 4 is 64.5 Å². The number of benzene rings is 3. The van der Waals surface area contributed by atoms with Crippen LogP contribution in [-0.4, -0.2) is 28.2 Å². The second-order valence-electron chi connectivity index (χ2n) is 9.68. The van der Waals surface area contributed by atoms with Crippen molar-refractivity contribution in [3.8, 4) is 11.5 Å². The van der Waals surface area contributed by atoms with Gasteiger partial charge in [-0.05, 0) is 42.7 Å². The molecule has 2 heterocycles. The number of fused-ring (bicyclic) bond motifs is 1. The first-order valence-electron chi connectivity index (χ1n) is 13.2. The molecule has 13 heteroatoms. The molecule has 0 spiro atoms. The van der Waals surface area contributed by atoms with Gasteiger partial charge in [0.2, 0.25) is 0 Å². The Morgan fingerprint density at radius 2 is 1.88 bits per heavy atom. The summed E-state index contributed by atoms with van der Waals surface area (Å²) < 4.78 is 72.4. The molecule has 43 heavy (non-hydrogen) atoms. The first-order chi connectivity index (χ1) is 20.6. The molecule has 1 unspecified atom stereocenters. The number of hydrogen-bond donors (Lipinski definition) is 0. The molecule has 0 saturated heterocycles. The van der Waals surface area contributed by atoms with Gasteiger partial charge in [0.1, 0.15) is 23.1 Å². The zero-order valence-corrected chi connectivity index (χ0v) is 25.8. The Labute approximate surface area is 260 Å². The first kappa shape index (κ1) is 30.9. The number of carbonyl (C=O) groups excluding carboxylic acids is 2. The van der Waals surface area contributed by atoms with E-state index in [4.69, 9.17) is 9.47 Å². The second-order valence-corrected chi connectivity index (χ2v) is 11.4. The number of halogens is 5. The number of hydrogen-bond acceptors (Lipinski definition) is 6. The van der Waals surface area contributed by atoms with Crippen molar-refractivity contribution in [2.45, 2.75) is 39.0 Å². The van der Waals surface area contributed by atoms with Gasteiger partial charge < -0.3 is 9.47 Å². The van der Waals surface area contributed by atoms with Crippen LogP contribution in [0.15, 0.2) is 59.8 Å². The molecule has 3 aromatic carbocycles. The molecule has 1 atom stereocenters. The molecule has 0 aliphatic carbocycles. The molecule has 224 valence electrons. The lowest BCUT2D eigenvalue weighted by Crippen LogP contribution is -2.20. The van der Waals surface area contributed by atoms with E-state index in [1.54, 1.807) is 42.2 Å². The molecule has 0 fully saturated rings. The molecule has 1 aliphatic rings. The average Bonchev–Trinajstić information content (AvgIpc) is 3.58. The Morgan fingerprint density at radius 1 is 1.09 bits per heavy atom. The number of esters is 1. The molecule has 1 amide bonds. The number of ether oxygens (including phenoxy) is 2. The van der Waals surface area contributed by atoms with Gasteiger partial charge in [-0.1, -0.05) is 25.1 Å². The van der Waals surface area contributed by atoms with Crippen LogP contribution in [0.4, 0.5) is 23.2 Å². The minimum Gasteiger partial charge on any atom is -0.466 e. The SMILES string of the molecule is CCOC(=O)CCc1cccc(C(C)C2=NN(c3cc(Oc4c(F)cc5c(ccn5SI)c4F)ccc3F)C(=O)C2)c1F. The van der Waals surface area contributed by atoms with Crippen molar-refractivity contribution in [2.75, 3.05) is 11.6 Å². The molecule has 0 saturated carbocycles. The van der Waals surface area contributed by atoms with Crippen molar-refractivity contribution < 1.29 is 36.6 Å². The topological polar surface area (TPSA) is 73.1 Å². The van der Waals surface area contributed by atoms with E-state index in [1.807, 2.05) is 21.2 Å². The Bertz CT molecular complexity index is 1760. The molecule has 0 bridgehead atoms. The van der Waals surface area contributed by atoms with Gasteiger partial charge in [-0.3, -0.25) is 13.6 Å². The normalized spacial score (nSPS) is 13.9. The number of carbonyl (C=O) groups is 2. The van der Waals surface area contributed by atoms with Crippen LogP contribution in [0.1, 0.15) is 43.7 Å². The predicted octanol–water partition coefficient (Wildman–Crippen LogP) is 8.23. The van der Waals surface area contributed by atoms with E-state index >= 15 is 8.78 Å². The predicted molar refractivity (Wildman–Crippen MR) is 165 cm³/mol. The van der Waals surface area contributed by atoms with Gasteiger partial charge in [-0.2, -0.15) is 10.1 Å². The van der Waals surface area contributed by atoms with Crippen molar-refractivity contribution in [3.63, 3.8) is 0 Å². The van der Waals surface area contributed by atoms with Crippen molar-refractivity contribution in [1.82, 2.24) is 3.97 Å². The summed E-state index contributed by atoms with van der Waals surface area (Å²) in [5.41, 5.74) is 0.905. The summed E-state index contributed by atoms with van der Waals surface area (Å²) in [7, 11) is 1.24. The Kier molecular flexibility index (Phi) is 9.30. The van der Waals surface area contributed by atoms with Crippen LogP contribution in [0.25, 0.3) is 10.9 Å². The van der Waals surface area contributed by atoms with Crippen LogP contribution >= 0.6 is 30.3 Å². The number of nitrogens with zero attached hydrogens (tertiary/aromatic N) is 3. The molecule has 1 aliphatic heterocycles. The number of aromatic nitrogens is 1. The molecular formula is C30H24F4IN3O4S. The Balaban J connectivity index is 1.40. The standard InChI is InChI=1S/C30H24F4IN3O4S/c1-3-41-27(40)10-7-17-5-4-6-19(28(17)33)16(2)23-15-26(39)38(36-23)25-13-18(8-9-21(25)31)42-30-22(32)14-24-20(29(30)34)11-12-37(24)43-35/h4-6,8-9,11-14,16H,3,7,10,15H2,1-2H3. The van der Waals surface area contributed by atoms with Crippen molar-refractivity contribution in [3.05, 3.63) is 89.1 Å². The van der Waals surface area contributed by atoms with Crippen LogP contribution in [-0.2, 0) is 20.7 Å². The fourth-order valence-corrected chi connectivity index (χ4v) is 6.17. The number of rotatable bonds is 10. The van der Waals surface area contributed by atoms with Gasteiger partial charge in [0.15, 0.2) is 17.4 Å². The maximum Gasteiger partial charge on any atom is 0.306 e. The molecule has 0 N–H and O–H groups in total. The van der Waals surface area contributed by atoms with Crippen LogP contribution in [0.3, 0.4) is 0 Å². The van der Waals surface area contributed by atoms with Crippen molar-refractivity contribution in [1.29, 1.82) is 0 Å². The van der Waals surface area contributed by atoms with Crippen LogP contribution in [0, 0.1) is 23.3 Å². The number of amides is 1. The second kappa shape index (κ2) is 13.0. The molecule has 5 rings (SSSR count). The van der Waals surface area contributed by atoms with E-state index in [0.717, 1.165) is 23.2 Å². The number of aryl methyl sites for hydroxylation is 1. The first-order valence-corrected chi connectivity index (χ1v) is 16.5. The quantitative estimate of drug-likeness (QED) is 0.0937. The van der Waals surface area contributed by atoms with Gasteiger partial charge in [0.25, 0.3) is 5.91 Å². The molecule has 1 aromatic heterocycles. The van der Waals surface area contributed by atoms with Gasteiger partial charge in [0.05, 0.1) is 24.3 Å². The maximum absolute atomic E-state index is 15.4. The van der Waals surface area contributed by atoms with Gasteiger partial charge >= 0.3 is 5.97 Å². The van der Waals surface area contributed by atoms with E-state index < -0.39 is 46.8 Å². The molecule has 4 aromatic rings.